The summed E-state index contributed by atoms with van der Waals surface area (Å²) < 4.78 is 32.2. The van der Waals surface area contributed by atoms with Gasteiger partial charge in [0.05, 0.1) is 23.3 Å². The quantitative estimate of drug-likeness (QED) is 0.606. The SMILES string of the molecule is COC(=O)c1ccc2c(c1)CCN2C(=O)CN1c2cccc3cccc(c23)S1(=O)=O. The van der Waals surface area contributed by atoms with Crippen molar-refractivity contribution < 1.29 is 22.7 Å². The lowest BCUT2D eigenvalue weighted by Gasteiger charge is -2.23. The van der Waals surface area contributed by atoms with E-state index in [1.165, 1.54) is 11.4 Å². The number of rotatable bonds is 3. The van der Waals surface area contributed by atoms with Crippen molar-refractivity contribution in [1.82, 2.24) is 0 Å². The van der Waals surface area contributed by atoms with Gasteiger partial charge in [-0.05, 0) is 47.7 Å². The Balaban J connectivity index is 1.47. The Morgan fingerprint density at radius 3 is 2.57 bits per heavy atom. The highest BCUT2D eigenvalue weighted by molar-refractivity contribution is 7.93. The summed E-state index contributed by atoms with van der Waals surface area (Å²) in [4.78, 5) is 26.7. The molecule has 0 aliphatic carbocycles. The molecule has 0 aromatic heterocycles. The lowest BCUT2D eigenvalue weighted by molar-refractivity contribution is -0.117. The molecular weight excluding hydrogens is 404 g/mol. The molecule has 0 saturated carbocycles. The second-order valence-corrected chi connectivity index (χ2v) is 9.10. The highest BCUT2D eigenvalue weighted by Gasteiger charge is 2.38. The summed E-state index contributed by atoms with van der Waals surface area (Å²) in [5.74, 6) is -0.746. The topological polar surface area (TPSA) is 84.0 Å². The monoisotopic (exact) mass is 422 g/mol. The summed E-state index contributed by atoms with van der Waals surface area (Å²) in [6.07, 6.45) is 0.592. The van der Waals surface area contributed by atoms with E-state index in [1.807, 2.05) is 12.1 Å². The zero-order chi connectivity index (χ0) is 21.0. The maximum Gasteiger partial charge on any atom is 0.337 e. The molecule has 152 valence electrons. The van der Waals surface area contributed by atoms with Crippen molar-refractivity contribution in [3.8, 4) is 0 Å². The normalized spacial score (nSPS) is 16.0. The van der Waals surface area contributed by atoms with Crippen LogP contribution < -0.4 is 9.21 Å². The number of hydrogen-bond donors (Lipinski definition) is 0. The molecule has 30 heavy (non-hydrogen) atoms. The first-order chi connectivity index (χ1) is 14.4. The molecule has 0 radical (unpaired) electrons. The minimum absolute atomic E-state index is 0.230. The molecule has 3 aromatic rings. The largest absolute Gasteiger partial charge is 0.465 e. The first-order valence-electron chi connectivity index (χ1n) is 9.48. The lowest BCUT2D eigenvalue weighted by Crippen LogP contribution is -2.41. The molecular formula is C22H18N2O5S. The molecule has 2 aliphatic rings. The van der Waals surface area contributed by atoms with Crippen LogP contribution in [0.1, 0.15) is 15.9 Å². The Labute approximate surface area is 173 Å². The molecule has 7 nitrogen and oxygen atoms in total. The van der Waals surface area contributed by atoms with Gasteiger partial charge in [0.2, 0.25) is 5.91 Å². The van der Waals surface area contributed by atoms with Crippen LogP contribution in [0.3, 0.4) is 0 Å². The van der Waals surface area contributed by atoms with Gasteiger partial charge in [0.1, 0.15) is 6.54 Å². The van der Waals surface area contributed by atoms with E-state index in [-0.39, 0.29) is 17.3 Å². The van der Waals surface area contributed by atoms with Crippen molar-refractivity contribution in [3.63, 3.8) is 0 Å². The highest BCUT2D eigenvalue weighted by atomic mass is 32.2. The molecule has 0 spiro atoms. The summed E-state index contributed by atoms with van der Waals surface area (Å²) in [5.41, 5.74) is 2.51. The van der Waals surface area contributed by atoms with E-state index in [0.717, 1.165) is 10.9 Å². The van der Waals surface area contributed by atoms with Gasteiger partial charge in [-0.15, -0.1) is 0 Å². The standard InChI is InChI=1S/C22H18N2O5S/c1-29-22(26)16-8-9-17-15(12-16)10-11-23(17)20(25)13-24-18-6-2-4-14-5-3-7-19(21(14)18)30(24,27)28/h2-9,12H,10-11,13H2,1H3. The van der Waals surface area contributed by atoms with Crippen LogP contribution in [0.15, 0.2) is 59.5 Å². The molecule has 0 bridgehead atoms. The number of benzene rings is 3. The second-order valence-electron chi connectivity index (χ2n) is 7.27. The first-order valence-corrected chi connectivity index (χ1v) is 10.9. The fraction of sp³-hybridized carbons (Fsp3) is 0.182. The molecule has 8 heteroatoms. The Hall–Kier alpha value is -3.39. The number of anilines is 2. The molecule has 0 atom stereocenters. The number of methoxy groups -OCH3 is 1. The third kappa shape index (κ3) is 2.60. The molecule has 0 unspecified atom stereocenters. The fourth-order valence-electron chi connectivity index (χ4n) is 4.24. The lowest BCUT2D eigenvalue weighted by atomic mass is 10.1. The zero-order valence-electron chi connectivity index (χ0n) is 16.2. The first kappa shape index (κ1) is 18.6. The van der Waals surface area contributed by atoms with Crippen LogP contribution in [0, 0.1) is 0 Å². The second kappa shape index (κ2) is 6.56. The van der Waals surface area contributed by atoms with Gasteiger partial charge in [-0.2, -0.15) is 0 Å². The van der Waals surface area contributed by atoms with E-state index < -0.39 is 16.0 Å². The molecule has 0 N–H and O–H groups in total. The van der Waals surface area contributed by atoms with Gasteiger partial charge in [-0.3, -0.25) is 9.10 Å². The number of sulfonamides is 1. The molecule has 3 aromatic carbocycles. The van der Waals surface area contributed by atoms with E-state index in [9.17, 15) is 18.0 Å². The van der Waals surface area contributed by atoms with Gasteiger partial charge in [0, 0.05) is 17.6 Å². The highest BCUT2D eigenvalue weighted by Crippen LogP contribution is 2.42. The van der Waals surface area contributed by atoms with Crippen LogP contribution in [-0.2, 0) is 26.0 Å². The van der Waals surface area contributed by atoms with Crippen LogP contribution in [0.2, 0.25) is 0 Å². The van der Waals surface area contributed by atoms with Crippen molar-refractivity contribution in [2.75, 3.05) is 29.4 Å². The van der Waals surface area contributed by atoms with Gasteiger partial charge in [-0.25, -0.2) is 13.2 Å². The van der Waals surface area contributed by atoms with E-state index in [1.54, 1.807) is 47.4 Å². The average molecular weight is 422 g/mol. The summed E-state index contributed by atoms with van der Waals surface area (Å²) >= 11 is 0. The van der Waals surface area contributed by atoms with Crippen molar-refractivity contribution >= 4 is 44.0 Å². The number of amides is 1. The van der Waals surface area contributed by atoms with Gasteiger partial charge < -0.3 is 9.64 Å². The van der Waals surface area contributed by atoms with Crippen LogP contribution in [0.5, 0.6) is 0 Å². The van der Waals surface area contributed by atoms with Gasteiger partial charge in [0.25, 0.3) is 10.0 Å². The number of esters is 1. The number of hydrogen-bond acceptors (Lipinski definition) is 5. The minimum Gasteiger partial charge on any atom is -0.465 e. The number of ether oxygens (including phenoxy) is 1. The minimum atomic E-state index is -3.80. The summed E-state index contributed by atoms with van der Waals surface area (Å²) in [7, 11) is -2.48. The van der Waals surface area contributed by atoms with Crippen molar-refractivity contribution in [1.29, 1.82) is 0 Å². The molecule has 0 fully saturated rings. The Morgan fingerprint density at radius 2 is 1.80 bits per heavy atom. The maximum absolute atomic E-state index is 13.1. The number of carbonyl (C=O) groups excluding carboxylic acids is 2. The molecule has 2 heterocycles. The summed E-state index contributed by atoms with van der Waals surface area (Å²) in [6, 6.07) is 15.6. The van der Waals surface area contributed by atoms with Crippen LogP contribution >= 0.6 is 0 Å². The van der Waals surface area contributed by atoms with Gasteiger partial charge >= 0.3 is 5.97 Å². The predicted octanol–water partition coefficient (Wildman–Crippen LogP) is 2.72. The third-order valence-corrected chi connectivity index (χ3v) is 7.46. The summed E-state index contributed by atoms with van der Waals surface area (Å²) in [5, 5.41) is 1.47. The van der Waals surface area contributed by atoms with Crippen LogP contribution in [-0.4, -0.2) is 40.5 Å². The Bertz CT molecular complexity index is 1330. The van der Waals surface area contributed by atoms with Gasteiger partial charge in [-0.1, -0.05) is 24.3 Å². The van der Waals surface area contributed by atoms with Crippen molar-refractivity contribution in [3.05, 3.63) is 65.7 Å². The van der Waals surface area contributed by atoms with E-state index in [0.29, 0.717) is 35.3 Å². The smallest absolute Gasteiger partial charge is 0.337 e. The van der Waals surface area contributed by atoms with Crippen LogP contribution in [0.25, 0.3) is 10.8 Å². The number of fused-ring (bicyclic) bond motifs is 1. The summed E-state index contributed by atoms with van der Waals surface area (Å²) in [6.45, 7) is 0.151. The van der Waals surface area contributed by atoms with E-state index in [2.05, 4.69) is 0 Å². The van der Waals surface area contributed by atoms with Gasteiger partial charge in [0.15, 0.2) is 0 Å². The van der Waals surface area contributed by atoms with E-state index >= 15 is 0 Å². The fourth-order valence-corrected chi connectivity index (χ4v) is 5.90. The molecule has 2 aliphatic heterocycles. The van der Waals surface area contributed by atoms with Crippen molar-refractivity contribution in [2.45, 2.75) is 11.3 Å². The predicted molar refractivity (Wildman–Crippen MR) is 112 cm³/mol. The number of nitrogens with zero attached hydrogens (tertiary/aromatic N) is 2. The maximum atomic E-state index is 13.1. The van der Waals surface area contributed by atoms with E-state index in [4.69, 9.17) is 4.74 Å². The Kier molecular flexibility index (Phi) is 4.08. The van der Waals surface area contributed by atoms with Crippen LogP contribution in [0.4, 0.5) is 11.4 Å². The molecule has 1 amide bonds. The van der Waals surface area contributed by atoms with Crippen molar-refractivity contribution in [2.24, 2.45) is 0 Å². The Morgan fingerprint density at radius 1 is 1.03 bits per heavy atom. The zero-order valence-corrected chi connectivity index (χ0v) is 17.0. The average Bonchev–Trinajstić information content (AvgIpc) is 3.27. The number of carbonyl (C=O) groups is 2. The molecule has 0 saturated heterocycles. The molecule has 5 rings (SSSR count). The third-order valence-electron chi connectivity index (χ3n) is 5.66.